The van der Waals surface area contributed by atoms with Gasteiger partial charge in [0.25, 0.3) is 11.8 Å². The number of ether oxygens (including phenoxy) is 1. The van der Waals surface area contributed by atoms with E-state index in [1.807, 2.05) is 13.8 Å². The van der Waals surface area contributed by atoms with E-state index in [0.717, 1.165) is 4.90 Å². The first-order chi connectivity index (χ1) is 12.3. The number of anilines is 2. The standard InChI is InChI=1S/C18H23N3O5/c1-11(2)8-16(23)20-13-5-4-12(9-15(13)26-3)19-14-10-17(24)21(6-7-22)18(14)25/h4-5,9-11,19,22H,6-8H2,1-3H3,(H,20,23). The number of nitrogens with zero attached hydrogens (tertiary/aromatic N) is 1. The van der Waals surface area contributed by atoms with Crippen molar-refractivity contribution in [3.8, 4) is 5.75 Å². The molecular weight excluding hydrogens is 338 g/mol. The maximum atomic E-state index is 12.2. The van der Waals surface area contributed by atoms with Crippen molar-refractivity contribution in [2.75, 3.05) is 30.9 Å². The summed E-state index contributed by atoms with van der Waals surface area (Å²) in [4.78, 5) is 36.8. The molecule has 0 saturated heterocycles. The summed E-state index contributed by atoms with van der Waals surface area (Å²) < 4.78 is 5.29. The van der Waals surface area contributed by atoms with Crippen LogP contribution in [-0.2, 0) is 14.4 Å². The third kappa shape index (κ3) is 4.60. The molecule has 0 aliphatic carbocycles. The van der Waals surface area contributed by atoms with Gasteiger partial charge in [0.15, 0.2) is 0 Å². The van der Waals surface area contributed by atoms with E-state index in [2.05, 4.69) is 10.6 Å². The number of imide groups is 1. The maximum absolute atomic E-state index is 12.2. The zero-order valence-electron chi connectivity index (χ0n) is 15.0. The fourth-order valence-corrected chi connectivity index (χ4v) is 2.51. The average molecular weight is 361 g/mol. The quantitative estimate of drug-likeness (QED) is 0.603. The van der Waals surface area contributed by atoms with Crippen molar-refractivity contribution in [3.05, 3.63) is 30.0 Å². The molecule has 1 aliphatic heterocycles. The lowest BCUT2D eigenvalue weighted by Gasteiger charge is -2.15. The van der Waals surface area contributed by atoms with Crippen LogP contribution in [0, 0.1) is 5.92 Å². The van der Waals surface area contributed by atoms with Crippen molar-refractivity contribution < 1.29 is 24.2 Å². The first-order valence-corrected chi connectivity index (χ1v) is 8.29. The minimum atomic E-state index is -0.502. The summed E-state index contributed by atoms with van der Waals surface area (Å²) >= 11 is 0. The lowest BCUT2D eigenvalue weighted by molar-refractivity contribution is -0.137. The Morgan fingerprint density at radius 2 is 2.04 bits per heavy atom. The molecule has 0 aromatic heterocycles. The summed E-state index contributed by atoms with van der Waals surface area (Å²) in [6.07, 6.45) is 1.58. The van der Waals surface area contributed by atoms with Gasteiger partial charge < -0.3 is 20.5 Å². The van der Waals surface area contributed by atoms with E-state index in [9.17, 15) is 14.4 Å². The predicted octanol–water partition coefficient (Wildman–Crippen LogP) is 1.34. The maximum Gasteiger partial charge on any atom is 0.277 e. The fourth-order valence-electron chi connectivity index (χ4n) is 2.51. The van der Waals surface area contributed by atoms with Gasteiger partial charge in [-0.1, -0.05) is 13.8 Å². The molecule has 0 unspecified atom stereocenters. The van der Waals surface area contributed by atoms with Gasteiger partial charge in [-0.3, -0.25) is 19.3 Å². The van der Waals surface area contributed by atoms with Crippen LogP contribution in [0.1, 0.15) is 20.3 Å². The monoisotopic (exact) mass is 361 g/mol. The highest BCUT2D eigenvalue weighted by atomic mass is 16.5. The van der Waals surface area contributed by atoms with Crippen LogP contribution in [0.15, 0.2) is 30.0 Å². The second-order valence-electron chi connectivity index (χ2n) is 6.26. The van der Waals surface area contributed by atoms with Crippen molar-refractivity contribution in [1.29, 1.82) is 0 Å². The van der Waals surface area contributed by atoms with Gasteiger partial charge >= 0.3 is 0 Å². The Labute approximate surface area is 151 Å². The van der Waals surface area contributed by atoms with Crippen LogP contribution in [0.4, 0.5) is 11.4 Å². The van der Waals surface area contributed by atoms with Crippen molar-refractivity contribution in [1.82, 2.24) is 4.90 Å². The highest BCUT2D eigenvalue weighted by molar-refractivity contribution is 6.17. The van der Waals surface area contributed by atoms with Gasteiger partial charge in [-0.25, -0.2) is 0 Å². The van der Waals surface area contributed by atoms with Crippen molar-refractivity contribution in [2.45, 2.75) is 20.3 Å². The molecule has 0 spiro atoms. The predicted molar refractivity (Wildman–Crippen MR) is 96.6 cm³/mol. The number of benzene rings is 1. The highest BCUT2D eigenvalue weighted by Gasteiger charge is 2.30. The molecule has 1 aliphatic rings. The van der Waals surface area contributed by atoms with Gasteiger partial charge in [0.2, 0.25) is 5.91 Å². The van der Waals surface area contributed by atoms with Gasteiger partial charge in [0, 0.05) is 24.3 Å². The van der Waals surface area contributed by atoms with Crippen LogP contribution < -0.4 is 15.4 Å². The minimum absolute atomic E-state index is 0.0521. The van der Waals surface area contributed by atoms with E-state index in [1.165, 1.54) is 13.2 Å². The molecule has 8 heteroatoms. The van der Waals surface area contributed by atoms with Crippen molar-refractivity contribution in [2.24, 2.45) is 5.92 Å². The second kappa shape index (κ2) is 8.48. The Morgan fingerprint density at radius 1 is 1.31 bits per heavy atom. The Morgan fingerprint density at radius 3 is 2.65 bits per heavy atom. The number of nitrogens with one attached hydrogen (secondary N) is 2. The lowest BCUT2D eigenvalue weighted by Crippen LogP contribution is -2.34. The first kappa shape index (κ1) is 19.5. The number of methoxy groups -OCH3 is 1. The largest absolute Gasteiger partial charge is 0.494 e. The van der Waals surface area contributed by atoms with Crippen molar-refractivity contribution in [3.63, 3.8) is 0 Å². The molecule has 3 N–H and O–H groups in total. The number of aliphatic hydroxyl groups excluding tert-OH is 1. The fraction of sp³-hybridized carbons (Fsp3) is 0.389. The molecule has 8 nitrogen and oxygen atoms in total. The Hall–Kier alpha value is -2.87. The van der Waals surface area contributed by atoms with Gasteiger partial charge in [-0.15, -0.1) is 0 Å². The van der Waals surface area contributed by atoms with Crippen LogP contribution in [0.5, 0.6) is 5.75 Å². The summed E-state index contributed by atoms with van der Waals surface area (Å²) in [6.45, 7) is 3.57. The van der Waals surface area contributed by atoms with E-state index in [1.54, 1.807) is 18.2 Å². The molecule has 0 saturated carbocycles. The summed E-state index contributed by atoms with van der Waals surface area (Å²) in [7, 11) is 1.48. The van der Waals surface area contributed by atoms with E-state index < -0.39 is 11.8 Å². The van der Waals surface area contributed by atoms with Gasteiger partial charge in [0.05, 0.1) is 25.9 Å². The molecule has 1 heterocycles. The van der Waals surface area contributed by atoms with Gasteiger partial charge in [-0.2, -0.15) is 0 Å². The minimum Gasteiger partial charge on any atom is -0.494 e. The number of carbonyl (C=O) groups is 3. The molecule has 0 atom stereocenters. The van der Waals surface area contributed by atoms with Gasteiger partial charge in [0.1, 0.15) is 11.4 Å². The summed E-state index contributed by atoms with van der Waals surface area (Å²) in [6, 6.07) is 4.95. The summed E-state index contributed by atoms with van der Waals surface area (Å²) in [5.74, 6) is -0.426. The van der Waals surface area contributed by atoms with Crippen LogP contribution in [-0.4, -0.2) is 48.0 Å². The average Bonchev–Trinajstić information content (AvgIpc) is 2.83. The number of hydrogen-bond donors (Lipinski definition) is 3. The molecule has 1 aromatic rings. The number of rotatable bonds is 8. The zero-order chi connectivity index (χ0) is 19.3. The van der Waals surface area contributed by atoms with Crippen LogP contribution in [0.3, 0.4) is 0 Å². The third-order valence-corrected chi connectivity index (χ3v) is 3.68. The number of hydrogen-bond acceptors (Lipinski definition) is 6. The van der Waals surface area contributed by atoms with E-state index in [-0.39, 0.29) is 30.7 Å². The topological polar surface area (TPSA) is 108 Å². The third-order valence-electron chi connectivity index (χ3n) is 3.68. The normalized spacial score (nSPS) is 13.9. The second-order valence-corrected chi connectivity index (χ2v) is 6.26. The van der Waals surface area contributed by atoms with Crippen LogP contribution in [0.25, 0.3) is 0 Å². The van der Waals surface area contributed by atoms with Crippen molar-refractivity contribution >= 4 is 29.1 Å². The molecule has 3 amide bonds. The highest BCUT2D eigenvalue weighted by Crippen LogP contribution is 2.29. The van der Waals surface area contributed by atoms with Crippen LogP contribution >= 0.6 is 0 Å². The van der Waals surface area contributed by atoms with E-state index in [4.69, 9.17) is 9.84 Å². The van der Waals surface area contributed by atoms with E-state index >= 15 is 0 Å². The van der Waals surface area contributed by atoms with Gasteiger partial charge in [-0.05, 0) is 18.1 Å². The Balaban J connectivity index is 2.12. The molecule has 0 bridgehead atoms. The molecular formula is C18H23N3O5. The number of carbonyl (C=O) groups excluding carboxylic acids is 3. The number of β-amino-alcohol motifs (C(OH)–C–C–N with tert-alkyl or cyclic N) is 1. The Kier molecular flexibility index (Phi) is 6.35. The van der Waals surface area contributed by atoms with Crippen LogP contribution in [0.2, 0.25) is 0 Å². The summed E-state index contributed by atoms with van der Waals surface area (Å²) in [5, 5.41) is 14.6. The zero-order valence-corrected chi connectivity index (χ0v) is 15.0. The molecule has 1 aromatic carbocycles. The SMILES string of the molecule is COc1cc(NC2=CC(=O)N(CCO)C2=O)ccc1NC(=O)CC(C)C. The molecule has 0 fully saturated rings. The smallest absolute Gasteiger partial charge is 0.277 e. The Bertz CT molecular complexity index is 742. The van der Waals surface area contributed by atoms with E-state index in [0.29, 0.717) is 23.5 Å². The number of aliphatic hydroxyl groups is 1. The molecule has 140 valence electrons. The molecule has 26 heavy (non-hydrogen) atoms. The molecule has 2 rings (SSSR count). The first-order valence-electron chi connectivity index (χ1n) is 8.29. The number of amides is 3. The summed E-state index contributed by atoms with van der Waals surface area (Å²) in [5.41, 5.74) is 1.16. The molecule has 0 radical (unpaired) electrons. The lowest BCUT2D eigenvalue weighted by atomic mass is 10.1.